The van der Waals surface area contributed by atoms with Gasteiger partial charge in [0, 0.05) is 30.9 Å². The molecule has 2 aromatic rings. The van der Waals surface area contributed by atoms with Gasteiger partial charge < -0.3 is 10.0 Å². The molecule has 0 heterocycles. The Hall–Kier alpha value is -2.33. The molecule has 0 aliphatic rings. The molecule has 0 aromatic heterocycles. The summed E-state index contributed by atoms with van der Waals surface area (Å²) in [4.78, 5) is 25.4. The number of benzene rings is 2. The van der Waals surface area contributed by atoms with Gasteiger partial charge in [-0.1, -0.05) is 23.7 Å². The van der Waals surface area contributed by atoms with Crippen molar-refractivity contribution in [1.29, 1.82) is 0 Å². The maximum Gasteiger partial charge on any atom is 0.335 e. The average molecular weight is 304 g/mol. The molecule has 21 heavy (non-hydrogen) atoms. The maximum atomic E-state index is 12.6. The zero-order chi connectivity index (χ0) is 15.6. The molecule has 2 aromatic carbocycles. The lowest BCUT2D eigenvalue weighted by Gasteiger charge is -2.17. The molecule has 0 aliphatic heterocycles. The van der Waals surface area contributed by atoms with Gasteiger partial charge in [0.2, 0.25) is 0 Å². The van der Waals surface area contributed by atoms with Gasteiger partial charge in [-0.2, -0.15) is 0 Å². The van der Waals surface area contributed by atoms with Crippen LogP contribution in [0.2, 0.25) is 5.02 Å². The molecule has 0 atom stereocenters. The van der Waals surface area contributed by atoms with E-state index in [1.807, 2.05) is 0 Å². The van der Waals surface area contributed by atoms with Gasteiger partial charge in [0.05, 0.1) is 10.6 Å². The SMILES string of the molecule is CN(C)c1cc(C(=O)O)ccc1C(=O)c1ccccc1Cl. The van der Waals surface area contributed by atoms with Gasteiger partial charge >= 0.3 is 5.97 Å². The highest BCUT2D eigenvalue weighted by atomic mass is 35.5. The van der Waals surface area contributed by atoms with Crippen LogP contribution in [0, 0.1) is 0 Å². The zero-order valence-corrected chi connectivity index (χ0v) is 12.4. The Bertz CT molecular complexity index is 710. The van der Waals surface area contributed by atoms with E-state index in [-0.39, 0.29) is 11.3 Å². The van der Waals surface area contributed by atoms with E-state index in [4.69, 9.17) is 16.7 Å². The van der Waals surface area contributed by atoms with Crippen LogP contribution in [0.15, 0.2) is 42.5 Å². The fourth-order valence-corrected chi connectivity index (χ4v) is 2.24. The van der Waals surface area contributed by atoms with Gasteiger partial charge in [-0.05, 0) is 30.3 Å². The van der Waals surface area contributed by atoms with Crippen molar-refractivity contribution in [2.75, 3.05) is 19.0 Å². The fourth-order valence-electron chi connectivity index (χ4n) is 2.02. The average Bonchev–Trinajstić information content (AvgIpc) is 2.46. The number of carboxylic acid groups (broad SMARTS) is 1. The van der Waals surface area contributed by atoms with Crippen molar-refractivity contribution in [1.82, 2.24) is 0 Å². The number of ketones is 1. The number of rotatable bonds is 4. The highest BCUT2D eigenvalue weighted by molar-refractivity contribution is 6.35. The van der Waals surface area contributed by atoms with Gasteiger partial charge in [0.15, 0.2) is 5.78 Å². The normalized spacial score (nSPS) is 10.2. The van der Waals surface area contributed by atoms with Crippen LogP contribution in [-0.4, -0.2) is 31.0 Å². The third-order valence-corrected chi connectivity index (χ3v) is 3.42. The first kappa shape index (κ1) is 15.1. The Morgan fingerprint density at radius 3 is 2.29 bits per heavy atom. The lowest BCUT2D eigenvalue weighted by molar-refractivity contribution is 0.0696. The number of hydrogen-bond donors (Lipinski definition) is 1. The van der Waals surface area contributed by atoms with Crippen LogP contribution in [0.1, 0.15) is 26.3 Å². The molecule has 5 heteroatoms. The summed E-state index contributed by atoms with van der Waals surface area (Å²) >= 11 is 6.05. The number of aromatic carboxylic acids is 1. The van der Waals surface area contributed by atoms with E-state index in [0.717, 1.165) is 0 Å². The zero-order valence-electron chi connectivity index (χ0n) is 11.6. The Morgan fingerprint density at radius 2 is 1.71 bits per heavy atom. The van der Waals surface area contributed by atoms with Crippen molar-refractivity contribution in [3.05, 3.63) is 64.2 Å². The molecule has 0 amide bonds. The summed E-state index contributed by atoms with van der Waals surface area (Å²) in [6.07, 6.45) is 0. The fraction of sp³-hybridized carbons (Fsp3) is 0.125. The third kappa shape index (κ3) is 3.06. The van der Waals surface area contributed by atoms with Gasteiger partial charge in [0.1, 0.15) is 0 Å². The topological polar surface area (TPSA) is 57.6 Å². The van der Waals surface area contributed by atoms with Gasteiger partial charge in [-0.15, -0.1) is 0 Å². The molecule has 0 aliphatic carbocycles. The molecular weight excluding hydrogens is 290 g/mol. The summed E-state index contributed by atoms with van der Waals surface area (Å²) in [5.74, 6) is -1.27. The molecule has 0 radical (unpaired) electrons. The van der Waals surface area contributed by atoms with Crippen LogP contribution in [0.4, 0.5) is 5.69 Å². The van der Waals surface area contributed by atoms with Crippen molar-refractivity contribution in [3.63, 3.8) is 0 Å². The number of halogens is 1. The maximum absolute atomic E-state index is 12.6. The van der Waals surface area contributed by atoms with Crippen molar-refractivity contribution in [3.8, 4) is 0 Å². The molecule has 0 unspecified atom stereocenters. The first-order valence-corrected chi connectivity index (χ1v) is 6.63. The van der Waals surface area contributed by atoms with E-state index >= 15 is 0 Å². The molecule has 108 valence electrons. The Kier molecular flexibility index (Phi) is 4.29. The highest BCUT2D eigenvalue weighted by Crippen LogP contribution is 2.26. The molecule has 1 N–H and O–H groups in total. The largest absolute Gasteiger partial charge is 0.478 e. The van der Waals surface area contributed by atoms with E-state index < -0.39 is 5.97 Å². The van der Waals surface area contributed by atoms with E-state index in [1.165, 1.54) is 18.2 Å². The molecule has 0 fully saturated rings. The van der Waals surface area contributed by atoms with Crippen LogP contribution in [0.25, 0.3) is 0 Å². The minimum Gasteiger partial charge on any atom is -0.478 e. The minimum atomic E-state index is -1.03. The summed E-state index contributed by atoms with van der Waals surface area (Å²) < 4.78 is 0. The van der Waals surface area contributed by atoms with Crippen molar-refractivity contribution in [2.45, 2.75) is 0 Å². The predicted octanol–water partition coefficient (Wildman–Crippen LogP) is 3.34. The van der Waals surface area contributed by atoms with Crippen molar-refractivity contribution >= 4 is 29.0 Å². The molecule has 0 saturated heterocycles. The molecule has 0 saturated carbocycles. The van der Waals surface area contributed by atoms with Gasteiger partial charge in [0.25, 0.3) is 0 Å². The predicted molar refractivity (Wildman–Crippen MR) is 82.6 cm³/mol. The van der Waals surface area contributed by atoms with Crippen LogP contribution in [0.3, 0.4) is 0 Å². The number of anilines is 1. The monoisotopic (exact) mass is 303 g/mol. The summed E-state index contributed by atoms with van der Waals surface area (Å²) in [5.41, 5.74) is 1.48. The number of nitrogens with zero attached hydrogens (tertiary/aromatic N) is 1. The van der Waals surface area contributed by atoms with Crippen LogP contribution < -0.4 is 4.90 Å². The second-order valence-corrected chi connectivity index (χ2v) is 5.15. The van der Waals surface area contributed by atoms with Gasteiger partial charge in [-0.3, -0.25) is 4.79 Å². The third-order valence-electron chi connectivity index (χ3n) is 3.09. The van der Waals surface area contributed by atoms with E-state index in [2.05, 4.69) is 0 Å². The molecule has 0 spiro atoms. The van der Waals surface area contributed by atoms with E-state index in [9.17, 15) is 9.59 Å². The number of hydrogen-bond acceptors (Lipinski definition) is 3. The van der Waals surface area contributed by atoms with Crippen LogP contribution in [0.5, 0.6) is 0 Å². The standard InChI is InChI=1S/C16H14ClNO3/c1-18(2)14-9-10(16(20)21)7-8-12(14)15(19)11-5-3-4-6-13(11)17/h3-9H,1-2H3,(H,20,21). The lowest BCUT2D eigenvalue weighted by Crippen LogP contribution is -2.16. The second-order valence-electron chi connectivity index (χ2n) is 4.74. The molecular formula is C16H14ClNO3. The van der Waals surface area contributed by atoms with Crippen molar-refractivity contribution in [2.24, 2.45) is 0 Å². The molecule has 0 bridgehead atoms. The summed E-state index contributed by atoms with van der Waals surface area (Å²) in [7, 11) is 3.51. The van der Waals surface area contributed by atoms with E-state index in [1.54, 1.807) is 43.3 Å². The van der Waals surface area contributed by atoms with Crippen LogP contribution >= 0.6 is 11.6 Å². The summed E-state index contributed by atoms with van der Waals surface area (Å²) in [6.45, 7) is 0. The molecule has 4 nitrogen and oxygen atoms in total. The molecule has 2 rings (SSSR count). The second kappa shape index (κ2) is 5.97. The summed E-state index contributed by atoms with van der Waals surface area (Å²) in [6, 6.07) is 11.2. The summed E-state index contributed by atoms with van der Waals surface area (Å²) in [5, 5.41) is 9.43. The van der Waals surface area contributed by atoms with Crippen LogP contribution in [-0.2, 0) is 0 Å². The van der Waals surface area contributed by atoms with Gasteiger partial charge in [-0.25, -0.2) is 4.79 Å². The number of carboxylic acids is 1. The Labute approximate surface area is 127 Å². The number of carbonyl (C=O) groups is 2. The van der Waals surface area contributed by atoms with Crippen molar-refractivity contribution < 1.29 is 14.7 Å². The smallest absolute Gasteiger partial charge is 0.335 e. The minimum absolute atomic E-state index is 0.134. The first-order chi connectivity index (χ1) is 9.91. The lowest BCUT2D eigenvalue weighted by atomic mass is 9.99. The Morgan fingerprint density at radius 1 is 1.05 bits per heavy atom. The first-order valence-electron chi connectivity index (χ1n) is 6.25. The quantitative estimate of drug-likeness (QED) is 0.880. The highest BCUT2D eigenvalue weighted by Gasteiger charge is 2.18. The van der Waals surface area contributed by atoms with E-state index in [0.29, 0.717) is 21.8 Å². The Balaban J connectivity index is 2.56. The number of carbonyl (C=O) groups excluding carboxylic acids is 1.